The normalized spacial score (nSPS) is 25.3. The molecule has 2 saturated heterocycles. The molecular formula is C20H30N2O2. The van der Waals surface area contributed by atoms with E-state index in [4.69, 9.17) is 4.74 Å². The van der Waals surface area contributed by atoms with Gasteiger partial charge in [-0.05, 0) is 58.2 Å². The molecule has 132 valence electrons. The Hall–Kier alpha value is -1.39. The highest BCUT2D eigenvalue weighted by atomic mass is 16.5. The van der Waals surface area contributed by atoms with Crippen molar-refractivity contribution < 1.29 is 9.53 Å². The summed E-state index contributed by atoms with van der Waals surface area (Å²) in [7, 11) is 0. The summed E-state index contributed by atoms with van der Waals surface area (Å²) in [5.74, 6) is 0.0751. The maximum Gasteiger partial charge on any atom is 0.229 e. The monoisotopic (exact) mass is 330 g/mol. The molecule has 2 heterocycles. The van der Waals surface area contributed by atoms with Crippen molar-refractivity contribution in [3.05, 3.63) is 35.9 Å². The third-order valence-electron chi connectivity index (χ3n) is 5.20. The first-order valence-electron chi connectivity index (χ1n) is 9.25. The van der Waals surface area contributed by atoms with Gasteiger partial charge in [0.25, 0.3) is 0 Å². The second-order valence-electron chi connectivity index (χ2n) is 7.78. The van der Waals surface area contributed by atoms with E-state index in [0.717, 1.165) is 44.6 Å². The number of rotatable bonds is 5. The lowest BCUT2D eigenvalue weighted by Gasteiger charge is -2.36. The van der Waals surface area contributed by atoms with Gasteiger partial charge in [-0.2, -0.15) is 0 Å². The van der Waals surface area contributed by atoms with Crippen molar-refractivity contribution in [1.29, 1.82) is 0 Å². The number of ether oxygens (including phenoxy) is 1. The Balaban J connectivity index is 1.68. The summed E-state index contributed by atoms with van der Waals surface area (Å²) in [5, 5.41) is 3.30. The smallest absolute Gasteiger partial charge is 0.229 e. The molecule has 0 bridgehead atoms. The van der Waals surface area contributed by atoms with Crippen molar-refractivity contribution in [3.8, 4) is 0 Å². The lowest BCUT2D eigenvalue weighted by molar-refractivity contribution is -0.126. The van der Waals surface area contributed by atoms with Gasteiger partial charge in [-0.25, -0.2) is 0 Å². The van der Waals surface area contributed by atoms with E-state index < -0.39 is 0 Å². The largest absolute Gasteiger partial charge is 0.375 e. The number of hydrogen-bond acceptors (Lipinski definition) is 3. The topological polar surface area (TPSA) is 41.6 Å². The van der Waals surface area contributed by atoms with Crippen LogP contribution in [0.3, 0.4) is 0 Å². The first-order chi connectivity index (χ1) is 11.5. The molecule has 3 rings (SSSR count). The Morgan fingerprint density at radius 2 is 2.00 bits per heavy atom. The molecule has 0 aromatic heterocycles. The Bertz CT molecular complexity index is 538. The van der Waals surface area contributed by atoms with Gasteiger partial charge in [0.1, 0.15) is 0 Å². The average Bonchev–Trinajstić information content (AvgIpc) is 3.05. The maximum atomic E-state index is 13.0. The van der Waals surface area contributed by atoms with Gasteiger partial charge in [0.2, 0.25) is 5.91 Å². The van der Waals surface area contributed by atoms with Crippen molar-refractivity contribution in [2.24, 2.45) is 0 Å². The molecule has 24 heavy (non-hydrogen) atoms. The molecule has 4 nitrogen and oxygen atoms in total. The number of likely N-dealkylation sites (tertiary alicyclic amines) is 1. The Kier molecular flexibility index (Phi) is 5.57. The lowest BCUT2D eigenvalue weighted by atomic mass is 9.92. The zero-order valence-electron chi connectivity index (χ0n) is 15.0. The summed E-state index contributed by atoms with van der Waals surface area (Å²) in [5.41, 5.74) is 0.973. The number of amides is 1. The summed E-state index contributed by atoms with van der Waals surface area (Å²) < 4.78 is 5.77. The van der Waals surface area contributed by atoms with E-state index in [9.17, 15) is 4.79 Å². The molecule has 2 fully saturated rings. The highest BCUT2D eigenvalue weighted by Gasteiger charge is 2.32. The summed E-state index contributed by atoms with van der Waals surface area (Å²) >= 11 is 0. The minimum atomic E-state index is -0.145. The van der Waals surface area contributed by atoms with Gasteiger partial charge in [0.05, 0.1) is 11.5 Å². The molecule has 1 amide bonds. The van der Waals surface area contributed by atoms with E-state index >= 15 is 0 Å². The fraction of sp³-hybridized carbons (Fsp3) is 0.650. The summed E-state index contributed by atoms with van der Waals surface area (Å²) in [6.45, 7) is 7.97. The Morgan fingerprint density at radius 1 is 1.29 bits per heavy atom. The standard InChI is InChI=1S/C20H30N2O2/c1-20(2)14-17(10-13-24-20)21-19(23)18(15-22-11-6-7-12-22)16-8-4-3-5-9-16/h3-5,8-9,17-18H,6-7,10-15H2,1-2H3,(H,21,23)/t17-,18-/m1/s1. The van der Waals surface area contributed by atoms with E-state index in [1.807, 2.05) is 18.2 Å². The van der Waals surface area contributed by atoms with Gasteiger partial charge in [-0.1, -0.05) is 30.3 Å². The van der Waals surface area contributed by atoms with Gasteiger partial charge in [0, 0.05) is 19.2 Å². The van der Waals surface area contributed by atoms with Gasteiger partial charge >= 0.3 is 0 Å². The second kappa shape index (κ2) is 7.66. The van der Waals surface area contributed by atoms with Crippen molar-refractivity contribution >= 4 is 5.91 Å². The molecule has 0 spiro atoms. The summed E-state index contributed by atoms with van der Waals surface area (Å²) in [6.07, 6.45) is 4.28. The molecule has 0 aliphatic carbocycles. The number of nitrogens with zero attached hydrogens (tertiary/aromatic N) is 1. The molecule has 2 aliphatic heterocycles. The van der Waals surface area contributed by atoms with Crippen LogP contribution in [0.15, 0.2) is 30.3 Å². The molecule has 2 aliphatic rings. The van der Waals surface area contributed by atoms with Gasteiger partial charge in [-0.15, -0.1) is 0 Å². The Morgan fingerprint density at radius 3 is 2.67 bits per heavy atom. The van der Waals surface area contributed by atoms with Crippen LogP contribution in [0.2, 0.25) is 0 Å². The minimum absolute atomic E-state index is 0.0877. The van der Waals surface area contributed by atoms with E-state index in [1.54, 1.807) is 0 Å². The molecule has 4 heteroatoms. The highest BCUT2D eigenvalue weighted by Crippen LogP contribution is 2.26. The molecule has 2 atom stereocenters. The van der Waals surface area contributed by atoms with E-state index in [1.165, 1.54) is 12.8 Å². The number of nitrogens with one attached hydrogen (secondary N) is 1. The fourth-order valence-corrected chi connectivity index (χ4v) is 3.91. The number of carbonyl (C=O) groups is 1. The zero-order chi connectivity index (χ0) is 17.0. The first kappa shape index (κ1) is 17.4. The van der Waals surface area contributed by atoms with Crippen LogP contribution < -0.4 is 5.32 Å². The Labute approximate surface area is 145 Å². The predicted octanol–water partition coefficient (Wildman–Crippen LogP) is 2.94. The van der Waals surface area contributed by atoms with Crippen LogP contribution in [-0.2, 0) is 9.53 Å². The molecule has 1 aromatic rings. The third kappa shape index (κ3) is 4.58. The van der Waals surface area contributed by atoms with Crippen LogP contribution in [0.25, 0.3) is 0 Å². The van der Waals surface area contributed by atoms with Gasteiger partial charge < -0.3 is 15.0 Å². The summed E-state index contributed by atoms with van der Waals surface area (Å²) in [6, 6.07) is 10.4. The minimum Gasteiger partial charge on any atom is -0.375 e. The molecule has 1 aromatic carbocycles. The SMILES string of the molecule is CC1(C)C[C@H](NC(=O)[C@H](CN2CCCC2)c2ccccc2)CCO1. The molecule has 0 unspecified atom stereocenters. The number of hydrogen-bond donors (Lipinski definition) is 1. The van der Waals surface area contributed by atoms with E-state index in [2.05, 4.69) is 36.2 Å². The van der Waals surface area contributed by atoms with Crippen molar-refractivity contribution in [3.63, 3.8) is 0 Å². The van der Waals surface area contributed by atoms with E-state index in [-0.39, 0.29) is 23.5 Å². The van der Waals surface area contributed by atoms with Crippen LogP contribution in [0.5, 0.6) is 0 Å². The fourth-order valence-electron chi connectivity index (χ4n) is 3.91. The van der Waals surface area contributed by atoms with Crippen LogP contribution >= 0.6 is 0 Å². The molecule has 0 radical (unpaired) electrons. The first-order valence-corrected chi connectivity index (χ1v) is 9.25. The average molecular weight is 330 g/mol. The van der Waals surface area contributed by atoms with Crippen LogP contribution in [0, 0.1) is 0 Å². The third-order valence-corrected chi connectivity index (χ3v) is 5.20. The molecule has 0 saturated carbocycles. The highest BCUT2D eigenvalue weighted by molar-refractivity contribution is 5.84. The van der Waals surface area contributed by atoms with Crippen molar-refractivity contribution in [2.75, 3.05) is 26.2 Å². The second-order valence-corrected chi connectivity index (χ2v) is 7.78. The van der Waals surface area contributed by atoms with E-state index in [0.29, 0.717) is 0 Å². The van der Waals surface area contributed by atoms with Crippen LogP contribution in [0.4, 0.5) is 0 Å². The summed E-state index contributed by atoms with van der Waals surface area (Å²) in [4.78, 5) is 15.5. The van der Waals surface area contributed by atoms with Gasteiger partial charge in [0.15, 0.2) is 0 Å². The molecular weight excluding hydrogens is 300 g/mol. The molecule has 1 N–H and O–H groups in total. The predicted molar refractivity (Wildman–Crippen MR) is 96.1 cm³/mol. The lowest BCUT2D eigenvalue weighted by Crippen LogP contribution is -2.48. The van der Waals surface area contributed by atoms with Crippen molar-refractivity contribution in [1.82, 2.24) is 10.2 Å². The number of benzene rings is 1. The van der Waals surface area contributed by atoms with Gasteiger partial charge in [-0.3, -0.25) is 4.79 Å². The van der Waals surface area contributed by atoms with Crippen LogP contribution in [-0.4, -0.2) is 48.7 Å². The van der Waals surface area contributed by atoms with Crippen molar-refractivity contribution in [2.45, 2.75) is 57.1 Å². The maximum absolute atomic E-state index is 13.0. The quantitative estimate of drug-likeness (QED) is 0.902. The zero-order valence-corrected chi connectivity index (χ0v) is 15.0. The number of carbonyl (C=O) groups excluding carboxylic acids is 1. The van der Waals surface area contributed by atoms with Crippen LogP contribution in [0.1, 0.15) is 51.0 Å².